The second-order valence-electron chi connectivity index (χ2n) is 8.46. The molecule has 1 aliphatic rings. The number of halogens is 2. The number of nitrogens with one attached hydrogen (secondary N) is 2. The Kier molecular flexibility index (Phi) is 7.57. The van der Waals surface area contributed by atoms with Crippen molar-refractivity contribution >= 4 is 29.2 Å². The van der Waals surface area contributed by atoms with Gasteiger partial charge in [0.1, 0.15) is 11.4 Å². The van der Waals surface area contributed by atoms with E-state index in [9.17, 15) is 18.4 Å². The van der Waals surface area contributed by atoms with Crippen LogP contribution in [-0.4, -0.2) is 55.4 Å². The summed E-state index contributed by atoms with van der Waals surface area (Å²) in [6.07, 6.45) is -0.312. The molecule has 2 aromatic carbocycles. The number of anilines is 3. The summed E-state index contributed by atoms with van der Waals surface area (Å²) in [6.45, 7) is 4.96. The van der Waals surface area contributed by atoms with Gasteiger partial charge in [-0.25, -0.2) is 9.59 Å². The maximum atomic E-state index is 12.5. The van der Waals surface area contributed by atoms with Crippen LogP contribution in [0, 0.1) is 0 Å². The lowest BCUT2D eigenvalue weighted by Gasteiger charge is -2.36. The van der Waals surface area contributed by atoms with Crippen LogP contribution in [0.1, 0.15) is 20.8 Å². The molecular weight excluding hydrogens is 434 g/mol. The maximum Gasteiger partial charge on any atom is 0.410 e. The normalized spacial score (nSPS) is 14.1. The van der Waals surface area contributed by atoms with E-state index in [1.165, 1.54) is 18.2 Å². The number of ether oxygens (including phenoxy) is 2. The molecule has 8 nitrogen and oxygen atoms in total. The zero-order valence-electron chi connectivity index (χ0n) is 18.8. The van der Waals surface area contributed by atoms with Gasteiger partial charge in [0.25, 0.3) is 0 Å². The van der Waals surface area contributed by atoms with Gasteiger partial charge in [-0.1, -0.05) is 12.1 Å². The molecule has 0 aliphatic carbocycles. The number of carbonyl (C=O) groups excluding carboxylic acids is 2. The van der Waals surface area contributed by atoms with E-state index in [2.05, 4.69) is 20.3 Å². The first-order valence-corrected chi connectivity index (χ1v) is 10.6. The number of carbonyl (C=O) groups is 2. The first kappa shape index (κ1) is 24.1. The summed E-state index contributed by atoms with van der Waals surface area (Å²) in [5, 5.41) is 5.17. The summed E-state index contributed by atoms with van der Waals surface area (Å²) in [6, 6.07) is 12.6. The Hall–Kier alpha value is -3.56. The third kappa shape index (κ3) is 7.23. The summed E-state index contributed by atoms with van der Waals surface area (Å²) in [7, 11) is 0. The summed E-state index contributed by atoms with van der Waals surface area (Å²) in [5.74, 6) is -0.122. The topological polar surface area (TPSA) is 83.1 Å². The Morgan fingerprint density at radius 2 is 1.58 bits per heavy atom. The lowest BCUT2D eigenvalue weighted by Crippen LogP contribution is -2.50. The summed E-state index contributed by atoms with van der Waals surface area (Å²) in [4.78, 5) is 28.3. The number of benzene rings is 2. The van der Waals surface area contributed by atoms with Crippen LogP contribution in [0.3, 0.4) is 0 Å². The molecule has 3 rings (SSSR count). The van der Waals surface area contributed by atoms with Gasteiger partial charge in [0.2, 0.25) is 0 Å². The number of rotatable bonds is 5. The van der Waals surface area contributed by atoms with E-state index in [-0.39, 0.29) is 17.5 Å². The average molecular weight is 462 g/mol. The van der Waals surface area contributed by atoms with Crippen molar-refractivity contribution in [3.8, 4) is 5.75 Å². The van der Waals surface area contributed by atoms with Gasteiger partial charge < -0.3 is 29.9 Å². The minimum absolute atomic E-state index is 0.122. The van der Waals surface area contributed by atoms with E-state index >= 15 is 0 Å². The van der Waals surface area contributed by atoms with Crippen LogP contribution >= 0.6 is 0 Å². The molecule has 0 aromatic heterocycles. The molecule has 1 aliphatic heterocycles. The number of amides is 3. The van der Waals surface area contributed by atoms with Crippen molar-refractivity contribution in [1.29, 1.82) is 0 Å². The predicted molar refractivity (Wildman–Crippen MR) is 122 cm³/mol. The zero-order chi connectivity index (χ0) is 24.0. The molecular formula is C23H28F2N4O4. The molecule has 1 fully saturated rings. The molecule has 1 saturated heterocycles. The second kappa shape index (κ2) is 10.4. The lowest BCUT2D eigenvalue weighted by molar-refractivity contribution is -0.0493. The van der Waals surface area contributed by atoms with Gasteiger partial charge >= 0.3 is 18.7 Å². The number of para-hydroxylation sites is 2. The van der Waals surface area contributed by atoms with Crippen molar-refractivity contribution in [2.75, 3.05) is 41.7 Å². The summed E-state index contributed by atoms with van der Waals surface area (Å²) in [5.41, 5.74) is 1.10. The minimum atomic E-state index is -2.99. The molecule has 2 N–H and O–H groups in total. The molecule has 0 unspecified atom stereocenters. The van der Waals surface area contributed by atoms with Crippen LogP contribution in [0.15, 0.2) is 48.5 Å². The van der Waals surface area contributed by atoms with E-state index in [0.717, 1.165) is 5.69 Å². The number of urea groups is 1. The first-order valence-electron chi connectivity index (χ1n) is 10.6. The van der Waals surface area contributed by atoms with Crippen molar-refractivity contribution in [3.05, 3.63) is 48.5 Å². The molecule has 0 spiro atoms. The fraction of sp³-hybridized carbons (Fsp3) is 0.391. The smallest absolute Gasteiger partial charge is 0.410 e. The Morgan fingerprint density at radius 1 is 0.939 bits per heavy atom. The number of hydrogen-bond donors (Lipinski definition) is 2. The quantitative estimate of drug-likeness (QED) is 0.654. The molecule has 3 amide bonds. The molecule has 0 saturated carbocycles. The van der Waals surface area contributed by atoms with Gasteiger partial charge in [0.05, 0.1) is 5.69 Å². The van der Waals surface area contributed by atoms with Crippen LogP contribution in [-0.2, 0) is 4.74 Å². The van der Waals surface area contributed by atoms with Crippen molar-refractivity contribution in [1.82, 2.24) is 4.90 Å². The molecule has 0 radical (unpaired) electrons. The summed E-state index contributed by atoms with van der Waals surface area (Å²) >= 11 is 0. The maximum absolute atomic E-state index is 12.5. The molecule has 33 heavy (non-hydrogen) atoms. The SMILES string of the molecule is CC(C)(C)OC(=O)N1CCN(c2ccc(NC(=O)Nc3ccccc3OC(F)F)cc2)CC1. The van der Waals surface area contributed by atoms with Crippen LogP contribution in [0.2, 0.25) is 0 Å². The predicted octanol–water partition coefficient (Wildman–Crippen LogP) is 4.99. The van der Waals surface area contributed by atoms with E-state index < -0.39 is 18.2 Å². The third-order valence-electron chi connectivity index (χ3n) is 4.77. The average Bonchev–Trinajstić information content (AvgIpc) is 2.74. The van der Waals surface area contributed by atoms with Gasteiger partial charge in [0, 0.05) is 37.6 Å². The molecule has 178 valence electrons. The second-order valence-corrected chi connectivity index (χ2v) is 8.46. The largest absolute Gasteiger partial charge is 0.444 e. The van der Waals surface area contributed by atoms with E-state index in [1.54, 1.807) is 23.1 Å². The molecule has 10 heteroatoms. The van der Waals surface area contributed by atoms with Gasteiger partial charge in [-0.15, -0.1) is 0 Å². The fourth-order valence-electron chi connectivity index (χ4n) is 3.28. The highest BCUT2D eigenvalue weighted by atomic mass is 19.3. The minimum Gasteiger partial charge on any atom is -0.444 e. The summed E-state index contributed by atoms with van der Waals surface area (Å²) < 4.78 is 34.9. The van der Waals surface area contributed by atoms with Crippen molar-refractivity contribution < 1.29 is 27.8 Å². The first-order chi connectivity index (χ1) is 15.6. The zero-order valence-corrected chi connectivity index (χ0v) is 18.8. The van der Waals surface area contributed by atoms with Crippen LogP contribution in [0.25, 0.3) is 0 Å². The molecule has 2 aromatic rings. The van der Waals surface area contributed by atoms with Crippen molar-refractivity contribution in [2.24, 2.45) is 0 Å². The van der Waals surface area contributed by atoms with Crippen LogP contribution in [0.5, 0.6) is 5.75 Å². The highest BCUT2D eigenvalue weighted by molar-refractivity contribution is 6.00. The van der Waals surface area contributed by atoms with E-state index in [1.807, 2.05) is 32.9 Å². The Labute approximate surface area is 191 Å². The number of nitrogens with zero attached hydrogens (tertiary/aromatic N) is 2. The molecule has 0 atom stereocenters. The number of hydrogen-bond acceptors (Lipinski definition) is 5. The number of alkyl halides is 2. The van der Waals surface area contributed by atoms with Crippen molar-refractivity contribution in [3.63, 3.8) is 0 Å². The van der Waals surface area contributed by atoms with E-state index in [0.29, 0.717) is 31.9 Å². The van der Waals surface area contributed by atoms with Gasteiger partial charge in [0.15, 0.2) is 0 Å². The van der Waals surface area contributed by atoms with Gasteiger partial charge in [-0.3, -0.25) is 0 Å². The molecule has 0 bridgehead atoms. The highest BCUT2D eigenvalue weighted by Crippen LogP contribution is 2.26. The third-order valence-corrected chi connectivity index (χ3v) is 4.77. The van der Waals surface area contributed by atoms with Gasteiger partial charge in [-0.2, -0.15) is 8.78 Å². The Morgan fingerprint density at radius 3 is 2.18 bits per heavy atom. The van der Waals surface area contributed by atoms with Gasteiger partial charge in [-0.05, 0) is 57.2 Å². The standard InChI is InChI=1S/C23H28F2N4O4/c1-23(2,3)33-22(31)29-14-12-28(13-15-29)17-10-8-16(9-11-17)26-21(30)27-18-6-4-5-7-19(18)32-20(24)25/h4-11,20H,12-15H2,1-3H3,(H2,26,27,30). The highest BCUT2D eigenvalue weighted by Gasteiger charge is 2.26. The molecule has 1 heterocycles. The lowest BCUT2D eigenvalue weighted by atomic mass is 10.2. The van der Waals surface area contributed by atoms with E-state index in [4.69, 9.17) is 4.74 Å². The van der Waals surface area contributed by atoms with Crippen LogP contribution < -0.4 is 20.3 Å². The Bertz CT molecular complexity index is 956. The fourth-order valence-corrected chi connectivity index (χ4v) is 3.28. The van der Waals surface area contributed by atoms with Crippen molar-refractivity contribution in [2.45, 2.75) is 33.0 Å². The monoisotopic (exact) mass is 462 g/mol. The Balaban J connectivity index is 1.52. The van der Waals surface area contributed by atoms with Crippen LogP contribution in [0.4, 0.5) is 35.4 Å². The number of piperazine rings is 1.